The Kier molecular flexibility index (Phi) is 3.02. The molecule has 0 fully saturated rings. The number of esters is 1. The highest BCUT2D eigenvalue weighted by Gasteiger charge is 2.30. The van der Waals surface area contributed by atoms with Crippen molar-refractivity contribution < 1.29 is 14.3 Å². The summed E-state index contributed by atoms with van der Waals surface area (Å²) >= 11 is 0. The van der Waals surface area contributed by atoms with Gasteiger partial charge in [0.25, 0.3) is 0 Å². The van der Waals surface area contributed by atoms with Crippen LogP contribution < -0.4 is 5.73 Å². The number of hydrogen-bond acceptors (Lipinski definition) is 4. The van der Waals surface area contributed by atoms with Crippen LogP contribution in [0.4, 0.5) is 0 Å². The molecule has 2 N–H and O–H groups in total. The molecular formula is C8H12N2O3. The van der Waals surface area contributed by atoms with Crippen molar-refractivity contribution in [1.82, 2.24) is 4.90 Å². The van der Waals surface area contributed by atoms with Gasteiger partial charge in [0.15, 0.2) is 0 Å². The van der Waals surface area contributed by atoms with Crippen molar-refractivity contribution in [1.29, 1.82) is 0 Å². The lowest BCUT2D eigenvalue weighted by Crippen LogP contribution is -2.44. The van der Waals surface area contributed by atoms with Crippen LogP contribution in [0.1, 0.15) is 0 Å². The summed E-state index contributed by atoms with van der Waals surface area (Å²) in [7, 11) is 1.29. The fourth-order valence-corrected chi connectivity index (χ4v) is 1.22. The first-order valence-electron chi connectivity index (χ1n) is 3.94. The molecule has 1 unspecified atom stereocenters. The molecule has 5 heteroatoms. The molecule has 13 heavy (non-hydrogen) atoms. The highest BCUT2D eigenvalue weighted by atomic mass is 16.5. The van der Waals surface area contributed by atoms with Crippen molar-refractivity contribution in [2.24, 2.45) is 5.73 Å². The van der Waals surface area contributed by atoms with Gasteiger partial charge in [-0.15, -0.1) is 0 Å². The van der Waals surface area contributed by atoms with Gasteiger partial charge in [-0.3, -0.25) is 4.79 Å². The highest BCUT2D eigenvalue weighted by Crippen LogP contribution is 2.10. The third-order valence-electron chi connectivity index (χ3n) is 1.89. The summed E-state index contributed by atoms with van der Waals surface area (Å²) in [5.41, 5.74) is 5.18. The average Bonchev–Trinajstić information content (AvgIpc) is 2.63. The fourth-order valence-electron chi connectivity index (χ4n) is 1.22. The second kappa shape index (κ2) is 4.04. The van der Waals surface area contributed by atoms with Crippen LogP contribution in [0, 0.1) is 0 Å². The maximum absolute atomic E-state index is 11.2. The summed E-state index contributed by atoms with van der Waals surface area (Å²) in [5, 5.41) is 0. The monoisotopic (exact) mass is 184 g/mol. The third kappa shape index (κ3) is 1.86. The summed E-state index contributed by atoms with van der Waals surface area (Å²) in [5.74, 6) is -0.684. The molecule has 0 aliphatic carbocycles. The number of carbonyl (C=O) groups excluding carboxylic acids is 2. The molecule has 0 aromatic carbocycles. The van der Waals surface area contributed by atoms with E-state index in [0.29, 0.717) is 6.54 Å². The van der Waals surface area contributed by atoms with Gasteiger partial charge in [0.05, 0.1) is 13.7 Å². The molecule has 1 atom stereocenters. The number of ether oxygens (including phenoxy) is 1. The topological polar surface area (TPSA) is 72.6 Å². The van der Waals surface area contributed by atoms with Gasteiger partial charge >= 0.3 is 5.97 Å². The number of nitrogens with zero attached hydrogens (tertiary/aromatic N) is 1. The lowest BCUT2D eigenvalue weighted by Gasteiger charge is -2.21. The van der Waals surface area contributed by atoms with Gasteiger partial charge in [-0.25, -0.2) is 4.79 Å². The minimum atomic E-state index is -0.596. The number of hydrogen-bond donors (Lipinski definition) is 1. The number of methoxy groups -OCH3 is 1. The Morgan fingerprint density at radius 3 is 2.92 bits per heavy atom. The first-order valence-corrected chi connectivity index (χ1v) is 3.94. The average molecular weight is 184 g/mol. The van der Waals surface area contributed by atoms with Crippen LogP contribution in [-0.2, 0) is 14.3 Å². The van der Waals surface area contributed by atoms with E-state index in [0.717, 1.165) is 0 Å². The zero-order chi connectivity index (χ0) is 9.84. The van der Waals surface area contributed by atoms with E-state index in [4.69, 9.17) is 5.73 Å². The van der Waals surface area contributed by atoms with Crippen molar-refractivity contribution in [2.75, 3.05) is 20.2 Å². The minimum Gasteiger partial charge on any atom is -0.467 e. The van der Waals surface area contributed by atoms with E-state index in [9.17, 15) is 9.59 Å². The maximum Gasteiger partial charge on any atom is 0.332 e. The van der Waals surface area contributed by atoms with Gasteiger partial charge in [0, 0.05) is 6.54 Å². The molecule has 72 valence electrons. The Bertz CT molecular complexity index is 250. The fraction of sp³-hybridized carbons (Fsp3) is 0.500. The lowest BCUT2D eigenvalue weighted by molar-refractivity contribution is -0.149. The first kappa shape index (κ1) is 9.73. The molecule has 0 radical (unpaired) electrons. The van der Waals surface area contributed by atoms with Crippen LogP contribution in [-0.4, -0.2) is 43.0 Å². The van der Waals surface area contributed by atoms with Crippen LogP contribution in [0.15, 0.2) is 12.2 Å². The number of amides is 1. The minimum absolute atomic E-state index is 0.0881. The molecule has 1 heterocycles. The van der Waals surface area contributed by atoms with Gasteiger partial charge in [-0.2, -0.15) is 0 Å². The smallest absolute Gasteiger partial charge is 0.332 e. The van der Waals surface area contributed by atoms with Gasteiger partial charge in [0.2, 0.25) is 5.91 Å². The lowest BCUT2D eigenvalue weighted by atomic mass is 10.3. The second-order valence-corrected chi connectivity index (χ2v) is 2.65. The Hall–Kier alpha value is -1.36. The Morgan fingerprint density at radius 2 is 2.38 bits per heavy atom. The van der Waals surface area contributed by atoms with Crippen LogP contribution in [0.25, 0.3) is 0 Å². The largest absolute Gasteiger partial charge is 0.467 e. The molecule has 1 aliphatic rings. The Morgan fingerprint density at radius 1 is 1.69 bits per heavy atom. The molecule has 1 amide bonds. The van der Waals surface area contributed by atoms with Crippen molar-refractivity contribution in [2.45, 2.75) is 6.04 Å². The van der Waals surface area contributed by atoms with Crippen molar-refractivity contribution in [3.63, 3.8) is 0 Å². The second-order valence-electron chi connectivity index (χ2n) is 2.65. The highest BCUT2D eigenvalue weighted by molar-refractivity contribution is 5.87. The molecule has 0 saturated heterocycles. The van der Waals surface area contributed by atoms with E-state index in [1.54, 1.807) is 12.2 Å². The van der Waals surface area contributed by atoms with E-state index in [2.05, 4.69) is 4.74 Å². The van der Waals surface area contributed by atoms with Gasteiger partial charge in [-0.1, -0.05) is 12.2 Å². The van der Waals surface area contributed by atoms with Gasteiger partial charge in [0.1, 0.15) is 6.04 Å². The zero-order valence-corrected chi connectivity index (χ0v) is 7.40. The third-order valence-corrected chi connectivity index (χ3v) is 1.89. The Labute approximate surface area is 76.1 Å². The summed E-state index contributed by atoms with van der Waals surface area (Å²) in [4.78, 5) is 23.7. The van der Waals surface area contributed by atoms with Crippen LogP contribution >= 0.6 is 0 Å². The Balaban J connectivity index is 2.67. The standard InChI is InChI=1S/C8H12N2O3/c1-13-8(12)6-3-2-4-10(6)7(11)5-9/h2-3,6H,4-5,9H2,1H3. The van der Waals surface area contributed by atoms with E-state index in [1.165, 1.54) is 12.0 Å². The quantitative estimate of drug-likeness (QED) is 0.436. The molecule has 0 aromatic rings. The van der Waals surface area contributed by atoms with Crippen LogP contribution in [0.3, 0.4) is 0 Å². The van der Waals surface area contributed by atoms with Crippen LogP contribution in [0.2, 0.25) is 0 Å². The molecule has 0 bridgehead atoms. The number of nitrogens with two attached hydrogens (primary N) is 1. The predicted molar refractivity (Wildman–Crippen MR) is 45.7 cm³/mol. The summed E-state index contributed by atoms with van der Waals surface area (Å²) < 4.78 is 4.53. The first-order chi connectivity index (χ1) is 6.20. The SMILES string of the molecule is COC(=O)C1C=CCN1C(=O)CN. The summed E-state index contributed by atoms with van der Waals surface area (Å²) in [6, 6.07) is -0.596. The molecule has 0 aromatic heterocycles. The number of carbonyl (C=O) groups is 2. The van der Waals surface area contributed by atoms with Crippen molar-refractivity contribution in [3.8, 4) is 0 Å². The normalized spacial score (nSPS) is 20.5. The van der Waals surface area contributed by atoms with E-state index in [1.807, 2.05) is 0 Å². The van der Waals surface area contributed by atoms with E-state index >= 15 is 0 Å². The molecule has 1 rings (SSSR count). The van der Waals surface area contributed by atoms with Crippen molar-refractivity contribution >= 4 is 11.9 Å². The van der Waals surface area contributed by atoms with E-state index in [-0.39, 0.29) is 12.5 Å². The maximum atomic E-state index is 11.2. The molecule has 5 nitrogen and oxygen atoms in total. The molecular weight excluding hydrogens is 172 g/mol. The van der Waals surface area contributed by atoms with Gasteiger partial charge in [-0.05, 0) is 0 Å². The molecule has 0 saturated carbocycles. The van der Waals surface area contributed by atoms with Crippen molar-refractivity contribution in [3.05, 3.63) is 12.2 Å². The summed E-state index contributed by atoms with van der Waals surface area (Å²) in [6.45, 7) is 0.338. The van der Waals surface area contributed by atoms with Gasteiger partial charge < -0.3 is 15.4 Å². The molecule has 0 spiro atoms. The van der Waals surface area contributed by atoms with Crippen LogP contribution in [0.5, 0.6) is 0 Å². The molecule has 1 aliphatic heterocycles. The number of rotatable bonds is 2. The summed E-state index contributed by atoms with van der Waals surface area (Å²) in [6.07, 6.45) is 3.38. The predicted octanol–water partition coefficient (Wildman–Crippen LogP) is -1.11. The van der Waals surface area contributed by atoms with E-state index < -0.39 is 12.0 Å². The zero-order valence-electron chi connectivity index (χ0n) is 7.40.